The molecule has 0 aliphatic rings. The van der Waals surface area contributed by atoms with Crippen LogP contribution in [0.1, 0.15) is 18.1 Å². The highest BCUT2D eigenvalue weighted by atomic mass is 79.9. The molecule has 0 amide bonds. The summed E-state index contributed by atoms with van der Waals surface area (Å²) >= 11 is 3.39. The summed E-state index contributed by atoms with van der Waals surface area (Å²) in [5.41, 5.74) is 6.96. The predicted octanol–water partition coefficient (Wildman–Crippen LogP) is 3.29. The van der Waals surface area contributed by atoms with Gasteiger partial charge in [-0.3, -0.25) is 0 Å². The van der Waals surface area contributed by atoms with Crippen molar-refractivity contribution in [1.29, 1.82) is 0 Å². The summed E-state index contributed by atoms with van der Waals surface area (Å²) in [6.45, 7) is 1.75. The molecule has 0 aromatic heterocycles. The number of nitrogen functional groups attached to an aromatic ring is 1. The van der Waals surface area contributed by atoms with Gasteiger partial charge >= 0.3 is 0 Å². The third kappa shape index (κ3) is 2.35. The molecule has 0 radical (unpaired) electrons. The van der Waals surface area contributed by atoms with E-state index in [4.69, 9.17) is 5.73 Å². The van der Waals surface area contributed by atoms with Crippen LogP contribution in [0.15, 0.2) is 53.0 Å². The summed E-state index contributed by atoms with van der Waals surface area (Å²) in [5, 5.41) is 10.7. The second-order valence-corrected chi connectivity index (χ2v) is 5.09. The number of aliphatic hydroxyl groups is 1. The van der Waals surface area contributed by atoms with Gasteiger partial charge in [0.2, 0.25) is 0 Å². The standard InChI is InChI=1S/C14H14BrNO/c1-14(17,10-5-3-2-4-6-10)12-9-11(15)7-8-13(12)16/h2-9,17H,16H2,1H3. The molecule has 2 aromatic carbocycles. The van der Waals surface area contributed by atoms with Crippen molar-refractivity contribution in [1.82, 2.24) is 0 Å². The molecule has 0 saturated carbocycles. The molecule has 0 spiro atoms. The zero-order valence-corrected chi connectivity index (χ0v) is 11.1. The van der Waals surface area contributed by atoms with Gasteiger partial charge in [-0.05, 0) is 30.7 Å². The van der Waals surface area contributed by atoms with Gasteiger partial charge in [0.15, 0.2) is 0 Å². The highest BCUT2D eigenvalue weighted by Crippen LogP contribution is 2.34. The van der Waals surface area contributed by atoms with Crippen LogP contribution in [0.5, 0.6) is 0 Å². The second kappa shape index (κ2) is 4.51. The van der Waals surface area contributed by atoms with Gasteiger partial charge in [-0.25, -0.2) is 0 Å². The Morgan fingerprint density at radius 3 is 2.41 bits per heavy atom. The van der Waals surface area contributed by atoms with Gasteiger partial charge in [0.05, 0.1) is 0 Å². The molecule has 0 aliphatic carbocycles. The van der Waals surface area contributed by atoms with Crippen molar-refractivity contribution in [2.75, 3.05) is 5.73 Å². The summed E-state index contributed by atoms with van der Waals surface area (Å²) < 4.78 is 0.901. The van der Waals surface area contributed by atoms with Crippen LogP contribution >= 0.6 is 15.9 Å². The van der Waals surface area contributed by atoms with Crippen LogP contribution in [0.25, 0.3) is 0 Å². The molecule has 3 heteroatoms. The van der Waals surface area contributed by atoms with E-state index in [2.05, 4.69) is 15.9 Å². The molecule has 1 atom stereocenters. The Morgan fingerprint density at radius 2 is 1.76 bits per heavy atom. The van der Waals surface area contributed by atoms with Crippen LogP contribution < -0.4 is 5.73 Å². The van der Waals surface area contributed by atoms with Crippen LogP contribution in [0.2, 0.25) is 0 Å². The lowest BCUT2D eigenvalue weighted by molar-refractivity contribution is 0.103. The fraction of sp³-hybridized carbons (Fsp3) is 0.143. The number of halogens is 1. The average Bonchev–Trinajstić information content (AvgIpc) is 2.33. The Labute approximate surface area is 109 Å². The van der Waals surface area contributed by atoms with E-state index in [0.29, 0.717) is 11.3 Å². The van der Waals surface area contributed by atoms with E-state index in [9.17, 15) is 5.11 Å². The normalized spacial score (nSPS) is 14.3. The summed E-state index contributed by atoms with van der Waals surface area (Å²) in [4.78, 5) is 0. The molecule has 2 aromatic rings. The van der Waals surface area contributed by atoms with Crippen molar-refractivity contribution in [2.24, 2.45) is 0 Å². The van der Waals surface area contributed by atoms with Gasteiger partial charge in [0.1, 0.15) is 5.60 Å². The van der Waals surface area contributed by atoms with Gasteiger partial charge in [0.25, 0.3) is 0 Å². The molecule has 0 aliphatic heterocycles. The number of anilines is 1. The maximum Gasteiger partial charge on any atom is 0.114 e. The molecule has 1 unspecified atom stereocenters. The molecule has 2 rings (SSSR count). The molecule has 0 saturated heterocycles. The number of hydrogen-bond donors (Lipinski definition) is 2. The lowest BCUT2D eigenvalue weighted by Gasteiger charge is -2.26. The van der Waals surface area contributed by atoms with E-state index in [-0.39, 0.29) is 0 Å². The molecular weight excluding hydrogens is 278 g/mol. The Hall–Kier alpha value is -1.32. The zero-order valence-electron chi connectivity index (χ0n) is 9.52. The monoisotopic (exact) mass is 291 g/mol. The SMILES string of the molecule is CC(O)(c1ccccc1)c1cc(Br)ccc1N. The minimum atomic E-state index is -1.09. The van der Waals surface area contributed by atoms with E-state index in [1.807, 2.05) is 42.5 Å². The Kier molecular flexibility index (Phi) is 3.22. The number of nitrogens with two attached hydrogens (primary N) is 1. The Bertz CT molecular complexity index is 523. The van der Waals surface area contributed by atoms with Crippen LogP contribution in [-0.4, -0.2) is 5.11 Å². The predicted molar refractivity (Wildman–Crippen MR) is 73.7 cm³/mol. The van der Waals surface area contributed by atoms with E-state index in [1.165, 1.54) is 0 Å². The lowest BCUT2D eigenvalue weighted by Crippen LogP contribution is -2.24. The first-order valence-corrected chi connectivity index (χ1v) is 6.14. The van der Waals surface area contributed by atoms with Gasteiger partial charge in [-0.2, -0.15) is 0 Å². The topological polar surface area (TPSA) is 46.2 Å². The zero-order chi connectivity index (χ0) is 12.5. The molecule has 17 heavy (non-hydrogen) atoms. The molecule has 3 N–H and O–H groups in total. The maximum atomic E-state index is 10.7. The van der Waals surface area contributed by atoms with Crippen molar-refractivity contribution in [3.05, 3.63) is 64.1 Å². The lowest BCUT2D eigenvalue weighted by atomic mass is 9.87. The number of benzene rings is 2. The first-order chi connectivity index (χ1) is 8.01. The van der Waals surface area contributed by atoms with Crippen molar-refractivity contribution in [3.63, 3.8) is 0 Å². The fourth-order valence-corrected chi connectivity index (χ4v) is 2.23. The van der Waals surface area contributed by atoms with Crippen molar-refractivity contribution in [3.8, 4) is 0 Å². The van der Waals surface area contributed by atoms with Gasteiger partial charge in [0, 0.05) is 15.7 Å². The summed E-state index contributed by atoms with van der Waals surface area (Å²) in [7, 11) is 0. The van der Waals surface area contributed by atoms with E-state index in [0.717, 1.165) is 10.0 Å². The molecule has 88 valence electrons. The minimum absolute atomic E-state index is 0.585. The van der Waals surface area contributed by atoms with Crippen molar-refractivity contribution >= 4 is 21.6 Å². The highest BCUT2D eigenvalue weighted by molar-refractivity contribution is 9.10. The number of rotatable bonds is 2. The Morgan fingerprint density at radius 1 is 1.12 bits per heavy atom. The first kappa shape index (κ1) is 12.1. The summed E-state index contributed by atoms with van der Waals surface area (Å²) in [6, 6.07) is 15.0. The number of hydrogen-bond acceptors (Lipinski definition) is 2. The summed E-state index contributed by atoms with van der Waals surface area (Å²) in [6.07, 6.45) is 0. The van der Waals surface area contributed by atoms with Gasteiger partial charge in [-0.15, -0.1) is 0 Å². The highest BCUT2D eigenvalue weighted by Gasteiger charge is 2.27. The second-order valence-electron chi connectivity index (χ2n) is 4.17. The molecule has 0 bridgehead atoms. The van der Waals surface area contributed by atoms with Crippen LogP contribution in [0.3, 0.4) is 0 Å². The molecule has 2 nitrogen and oxygen atoms in total. The quantitative estimate of drug-likeness (QED) is 0.834. The van der Waals surface area contributed by atoms with Crippen molar-refractivity contribution < 1.29 is 5.11 Å². The fourth-order valence-electron chi connectivity index (χ4n) is 1.87. The van der Waals surface area contributed by atoms with E-state index < -0.39 is 5.60 Å². The maximum absolute atomic E-state index is 10.7. The van der Waals surface area contributed by atoms with Crippen LogP contribution in [0, 0.1) is 0 Å². The first-order valence-electron chi connectivity index (χ1n) is 5.35. The smallest absolute Gasteiger partial charge is 0.114 e. The van der Waals surface area contributed by atoms with E-state index >= 15 is 0 Å². The third-order valence-electron chi connectivity index (χ3n) is 2.88. The van der Waals surface area contributed by atoms with Gasteiger partial charge in [-0.1, -0.05) is 46.3 Å². The molecular formula is C14H14BrNO. The average molecular weight is 292 g/mol. The minimum Gasteiger partial charge on any atom is -0.398 e. The van der Waals surface area contributed by atoms with Crippen molar-refractivity contribution in [2.45, 2.75) is 12.5 Å². The Balaban J connectivity index is 2.55. The van der Waals surface area contributed by atoms with E-state index in [1.54, 1.807) is 13.0 Å². The third-order valence-corrected chi connectivity index (χ3v) is 3.37. The van der Waals surface area contributed by atoms with Crippen LogP contribution in [0.4, 0.5) is 5.69 Å². The largest absolute Gasteiger partial charge is 0.398 e. The summed E-state index contributed by atoms with van der Waals surface area (Å²) in [5.74, 6) is 0. The molecule has 0 heterocycles. The van der Waals surface area contributed by atoms with Gasteiger partial charge < -0.3 is 10.8 Å². The van der Waals surface area contributed by atoms with Crippen LogP contribution in [-0.2, 0) is 5.60 Å². The molecule has 0 fully saturated rings.